The Bertz CT molecular complexity index is 849. The quantitative estimate of drug-likeness (QED) is 0.721. The minimum absolute atomic E-state index is 0.137. The van der Waals surface area contributed by atoms with E-state index in [1.54, 1.807) is 18.2 Å². The van der Waals surface area contributed by atoms with Crippen LogP contribution in [0, 0.1) is 5.82 Å². The lowest BCUT2D eigenvalue weighted by molar-refractivity contribution is -0.143. The maximum Gasteiger partial charge on any atom is 0.320 e. The minimum atomic E-state index is -0.447. The summed E-state index contributed by atoms with van der Waals surface area (Å²) in [5.41, 5.74) is 7.33. The van der Waals surface area contributed by atoms with Gasteiger partial charge in [0.25, 0.3) is 0 Å². The van der Waals surface area contributed by atoms with Gasteiger partial charge >= 0.3 is 5.97 Å². The molecule has 2 aromatic carbocycles. The van der Waals surface area contributed by atoms with Crippen LogP contribution in [0.3, 0.4) is 0 Å². The lowest BCUT2D eigenvalue weighted by atomic mass is 10.1. The maximum atomic E-state index is 13.8. The predicted octanol–water partition coefficient (Wildman–Crippen LogP) is 3.01. The van der Waals surface area contributed by atoms with Gasteiger partial charge in [-0.15, -0.1) is 10.2 Å². The molecule has 0 aliphatic carbocycles. The number of aromatic nitrogens is 2. The largest absolute Gasteiger partial charge is 0.460 e. The Kier molecular flexibility index (Phi) is 4.93. The van der Waals surface area contributed by atoms with Crippen LogP contribution in [-0.2, 0) is 16.1 Å². The van der Waals surface area contributed by atoms with Gasteiger partial charge in [-0.3, -0.25) is 4.79 Å². The summed E-state index contributed by atoms with van der Waals surface area (Å²) >= 11 is 1.32. The summed E-state index contributed by atoms with van der Waals surface area (Å²) in [6, 6.07) is 13.9. The van der Waals surface area contributed by atoms with E-state index in [0.717, 1.165) is 11.1 Å². The fourth-order valence-corrected chi connectivity index (χ4v) is 2.93. The highest BCUT2D eigenvalue weighted by Gasteiger charge is 2.12. The molecule has 0 saturated carbocycles. The van der Waals surface area contributed by atoms with E-state index in [0.29, 0.717) is 15.6 Å². The van der Waals surface area contributed by atoms with Gasteiger partial charge in [0.1, 0.15) is 17.4 Å². The van der Waals surface area contributed by atoms with Gasteiger partial charge in [0.05, 0.1) is 6.54 Å². The van der Waals surface area contributed by atoms with Crippen LogP contribution in [0.4, 0.5) is 4.39 Å². The average molecular weight is 343 g/mol. The molecule has 2 N–H and O–H groups in total. The van der Waals surface area contributed by atoms with E-state index in [1.807, 2.05) is 24.3 Å². The highest BCUT2D eigenvalue weighted by Crippen LogP contribution is 2.31. The van der Waals surface area contributed by atoms with Crippen molar-refractivity contribution >= 4 is 17.3 Å². The van der Waals surface area contributed by atoms with Gasteiger partial charge in [0.15, 0.2) is 5.01 Å². The van der Waals surface area contributed by atoms with Gasteiger partial charge < -0.3 is 10.5 Å². The van der Waals surface area contributed by atoms with Crippen molar-refractivity contribution in [3.63, 3.8) is 0 Å². The van der Waals surface area contributed by atoms with Gasteiger partial charge in [0, 0.05) is 11.1 Å². The van der Waals surface area contributed by atoms with Crippen molar-refractivity contribution < 1.29 is 13.9 Å². The topological polar surface area (TPSA) is 78.1 Å². The molecule has 0 amide bonds. The third-order valence-corrected chi connectivity index (χ3v) is 4.30. The molecule has 1 heterocycles. The second-order valence-corrected chi connectivity index (χ2v) is 5.93. The van der Waals surface area contributed by atoms with Crippen LogP contribution >= 0.6 is 11.3 Å². The number of hydrogen-bond acceptors (Lipinski definition) is 6. The number of nitrogens with zero attached hydrogens (tertiary/aromatic N) is 2. The summed E-state index contributed by atoms with van der Waals surface area (Å²) in [6.45, 7) is 0.0363. The molecular formula is C17H14FN3O2S. The third kappa shape index (κ3) is 3.64. The zero-order chi connectivity index (χ0) is 16.9. The van der Waals surface area contributed by atoms with Crippen molar-refractivity contribution in [2.75, 3.05) is 6.54 Å². The predicted molar refractivity (Wildman–Crippen MR) is 89.6 cm³/mol. The fraction of sp³-hybridized carbons (Fsp3) is 0.118. The number of halogens is 1. The Morgan fingerprint density at radius 1 is 1.08 bits per heavy atom. The van der Waals surface area contributed by atoms with E-state index >= 15 is 0 Å². The normalized spacial score (nSPS) is 10.6. The Balaban J connectivity index is 1.76. The van der Waals surface area contributed by atoms with Crippen LogP contribution in [-0.4, -0.2) is 22.7 Å². The first-order chi connectivity index (χ1) is 11.7. The van der Waals surface area contributed by atoms with Crippen LogP contribution in [0.2, 0.25) is 0 Å². The van der Waals surface area contributed by atoms with E-state index < -0.39 is 5.97 Å². The third-order valence-electron chi connectivity index (χ3n) is 3.30. The molecule has 0 atom stereocenters. The number of esters is 1. The molecule has 0 saturated heterocycles. The number of rotatable bonds is 5. The monoisotopic (exact) mass is 343 g/mol. The number of carbonyl (C=O) groups is 1. The first-order valence-corrected chi connectivity index (χ1v) is 8.02. The molecule has 1 aromatic heterocycles. The molecule has 0 aliphatic rings. The number of benzene rings is 2. The fourth-order valence-electron chi connectivity index (χ4n) is 2.05. The molecular weight excluding hydrogens is 329 g/mol. The van der Waals surface area contributed by atoms with Gasteiger partial charge in [0.2, 0.25) is 0 Å². The van der Waals surface area contributed by atoms with Gasteiger partial charge in [-0.1, -0.05) is 47.7 Å². The molecule has 122 valence electrons. The summed E-state index contributed by atoms with van der Waals surface area (Å²) in [5.74, 6) is -0.769. The number of ether oxygens (including phenoxy) is 1. The lowest BCUT2D eigenvalue weighted by Crippen LogP contribution is -2.16. The van der Waals surface area contributed by atoms with Gasteiger partial charge in [-0.2, -0.15) is 0 Å². The number of carbonyl (C=O) groups excluding carboxylic acids is 1. The van der Waals surface area contributed by atoms with E-state index in [9.17, 15) is 9.18 Å². The highest BCUT2D eigenvalue weighted by atomic mass is 32.1. The van der Waals surface area contributed by atoms with E-state index in [-0.39, 0.29) is 19.0 Å². The molecule has 5 nitrogen and oxygen atoms in total. The van der Waals surface area contributed by atoms with Gasteiger partial charge in [-0.05, 0) is 17.7 Å². The molecule has 3 rings (SSSR count). The SMILES string of the molecule is NCC(=O)OCc1ccc(-c2nnc(-c3ccccc3F)s2)cc1. The zero-order valence-electron chi connectivity index (χ0n) is 12.6. The summed E-state index contributed by atoms with van der Waals surface area (Å²) in [5, 5.41) is 9.41. The Labute approximate surface area is 141 Å². The molecule has 0 bridgehead atoms. The summed E-state index contributed by atoms with van der Waals surface area (Å²) < 4.78 is 18.8. The van der Waals surface area contributed by atoms with Crippen molar-refractivity contribution in [3.05, 3.63) is 59.9 Å². The van der Waals surface area contributed by atoms with Crippen LogP contribution < -0.4 is 5.73 Å². The highest BCUT2D eigenvalue weighted by molar-refractivity contribution is 7.17. The molecule has 0 unspecified atom stereocenters. The van der Waals surface area contributed by atoms with Crippen LogP contribution in [0.5, 0.6) is 0 Å². The van der Waals surface area contributed by atoms with E-state index in [4.69, 9.17) is 10.5 Å². The van der Waals surface area contributed by atoms with Crippen molar-refractivity contribution in [2.45, 2.75) is 6.61 Å². The minimum Gasteiger partial charge on any atom is -0.460 e. The maximum absolute atomic E-state index is 13.8. The molecule has 7 heteroatoms. The molecule has 24 heavy (non-hydrogen) atoms. The Morgan fingerprint density at radius 2 is 1.79 bits per heavy atom. The van der Waals surface area contributed by atoms with E-state index in [2.05, 4.69) is 10.2 Å². The van der Waals surface area contributed by atoms with Crippen molar-refractivity contribution in [2.24, 2.45) is 5.73 Å². The summed E-state index contributed by atoms with van der Waals surface area (Å²) in [7, 11) is 0. The summed E-state index contributed by atoms with van der Waals surface area (Å²) in [4.78, 5) is 11.0. The second kappa shape index (κ2) is 7.29. The molecule has 3 aromatic rings. The first kappa shape index (κ1) is 16.2. The lowest BCUT2D eigenvalue weighted by Gasteiger charge is -2.03. The van der Waals surface area contributed by atoms with Crippen LogP contribution in [0.1, 0.15) is 5.56 Å². The standard InChI is InChI=1S/C17H14FN3O2S/c18-14-4-2-1-3-13(14)17-21-20-16(24-17)12-7-5-11(6-8-12)10-23-15(22)9-19/h1-8H,9-10,19H2. The second-order valence-electron chi connectivity index (χ2n) is 4.95. The van der Waals surface area contributed by atoms with Crippen molar-refractivity contribution in [1.82, 2.24) is 10.2 Å². The Morgan fingerprint density at radius 3 is 2.50 bits per heavy atom. The Hall–Kier alpha value is -2.64. The zero-order valence-corrected chi connectivity index (χ0v) is 13.4. The molecule has 0 radical (unpaired) electrons. The van der Waals surface area contributed by atoms with Crippen molar-refractivity contribution in [1.29, 1.82) is 0 Å². The van der Waals surface area contributed by atoms with Crippen molar-refractivity contribution in [3.8, 4) is 21.1 Å². The van der Waals surface area contributed by atoms with Gasteiger partial charge in [-0.25, -0.2) is 4.39 Å². The molecule has 0 spiro atoms. The molecule has 0 fully saturated rings. The average Bonchev–Trinajstić information content (AvgIpc) is 3.10. The molecule has 0 aliphatic heterocycles. The smallest absolute Gasteiger partial charge is 0.320 e. The van der Waals surface area contributed by atoms with Crippen LogP contribution in [0.25, 0.3) is 21.1 Å². The van der Waals surface area contributed by atoms with Crippen LogP contribution in [0.15, 0.2) is 48.5 Å². The summed E-state index contributed by atoms with van der Waals surface area (Å²) in [6.07, 6.45) is 0. The van der Waals surface area contributed by atoms with E-state index in [1.165, 1.54) is 17.4 Å². The number of hydrogen-bond donors (Lipinski definition) is 1. The first-order valence-electron chi connectivity index (χ1n) is 7.21. The number of nitrogens with two attached hydrogens (primary N) is 1.